The van der Waals surface area contributed by atoms with Crippen LogP contribution in [0.1, 0.15) is 43.0 Å². The van der Waals surface area contributed by atoms with Gasteiger partial charge in [-0.1, -0.05) is 30.3 Å². The number of hydrogen-bond acceptors (Lipinski definition) is 2. The van der Waals surface area contributed by atoms with E-state index in [0.717, 1.165) is 16.9 Å². The van der Waals surface area contributed by atoms with Gasteiger partial charge in [0, 0.05) is 0 Å². The quantitative estimate of drug-likeness (QED) is 0.904. The van der Waals surface area contributed by atoms with Crippen molar-refractivity contribution in [2.75, 3.05) is 0 Å². The van der Waals surface area contributed by atoms with E-state index in [2.05, 4.69) is 19.9 Å². The van der Waals surface area contributed by atoms with Gasteiger partial charge in [-0.15, -0.1) is 0 Å². The smallest absolute Gasteiger partial charge is 0.119 e. The lowest BCUT2D eigenvalue weighted by Gasteiger charge is -2.25. The van der Waals surface area contributed by atoms with Crippen molar-refractivity contribution in [3.8, 4) is 5.75 Å². The van der Waals surface area contributed by atoms with Crippen LogP contribution in [0.5, 0.6) is 5.75 Å². The monoisotopic (exact) mass is 284 g/mol. The Balaban J connectivity index is 2.32. The van der Waals surface area contributed by atoms with Crippen LogP contribution >= 0.6 is 0 Å². The fourth-order valence-corrected chi connectivity index (χ4v) is 2.34. The summed E-state index contributed by atoms with van der Waals surface area (Å²) in [5.41, 5.74) is 3.18. The maximum Gasteiger partial charge on any atom is 0.119 e. The maximum absolute atomic E-state index is 10.9. The first kappa shape index (κ1) is 15.6. The van der Waals surface area contributed by atoms with Gasteiger partial charge in [0.1, 0.15) is 11.4 Å². The van der Waals surface area contributed by atoms with E-state index >= 15 is 0 Å². The lowest BCUT2D eigenvalue weighted by molar-refractivity contribution is 0.102. The van der Waals surface area contributed by atoms with Crippen molar-refractivity contribution in [1.29, 1.82) is 0 Å². The van der Waals surface area contributed by atoms with Crippen LogP contribution in [-0.4, -0.2) is 11.2 Å². The topological polar surface area (TPSA) is 29.5 Å². The lowest BCUT2D eigenvalue weighted by atomic mass is 9.87. The minimum Gasteiger partial charge on any atom is -0.491 e. The molecule has 0 fully saturated rings. The standard InChI is InChI=1S/C19H24O2/c1-13(2)21-18-10-8-16(9-11-18)19(5,20)17-7-6-14(3)15(4)12-17/h6-13,20H,1-5H3. The van der Waals surface area contributed by atoms with Crippen LogP contribution in [0.25, 0.3) is 0 Å². The predicted octanol–water partition coefficient (Wildman–Crippen LogP) is 4.35. The molecule has 1 atom stereocenters. The third-order valence-corrected chi connectivity index (χ3v) is 3.86. The van der Waals surface area contributed by atoms with Gasteiger partial charge in [0.25, 0.3) is 0 Å². The molecule has 0 aromatic heterocycles. The summed E-state index contributed by atoms with van der Waals surface area (Å²) in [6, 6.07) is 13.7. The SMILES string of the molecule is Cc1ccc(C(C)(O)c2ccc(OC(C)C)cc2)cc1C. The Morgan fingerprint density at radius 2 is 1.48 bits per heavy atom. The Morgan fingerprint density at radius 3 is 2.00 bits per heavy atom. The van der Waals surface area contributed by atoms with Gasteiger partial charge in [-0.25, -0.2) is 0 Å². The molecule has 0 aliphatic heterocycles. The number of aryl methyl sites for hydroxylation is 2. The van der Waals surface area contributed by atoms with Gasteiger partial charge < -0.3 is 9.84 Å². The largest absolute Gasteiger partial charge is 0.491 e. The van der Waals surface area contributed by atoms with Crippen LogP contribution in [0.15, 0.2) is 42.5 Å². The molecule has 0 heterocycles. The predicted molar refractivity (Wildman–Crippen MR) is 86.8 cm³/mol. The van der Waals surface area contributed by atoms with Gasteiger partial charge in [0.15, 0.2) is 0 Å². The average molecular weight is 284 g/mol. The van der Waals surface area contributed by atoms with E-state index in [9.17, 15) is 5.11 Å². The van der Waals surface area contributed by atoms with Gasteiger partial charge in [0.2, 0.25) is 0 Å². The van der Waals surface area contributed by atoms with Crippen LogP contribution < -0.4 is 4.74 Å². The number of hydrogen-bond donors (Lipinski definition) is 1. The summed E-state index contributed by atoms with van der Waals surface area (Å²) in [5.74, 6) is 0.824. The second-order valence-corrected chi connectivity index (χ2v) is 6.06. The minimum absolute atomic E-state index is 0.149. The third-order valence-electron chi connectivity index (χ3n) is 3.86. The Bertz CT molecular complexity index is 610. The molecule has 2 heteroatoms. The highest BCUT2D eigenvalue weighted by Crippen LogP contribution is 2.31. The Morgan fingerprint density at radius 1 is 0.905 bits per heavy atom. The molecule has 0 spiro atoms. The summed E-state index contributed by atoms with van der Waals surface area (Å²) in [4.78, 5) is 0. The molecule has 1 unspecified atom stereocenters. The Hall–Kier alpha value is -1.80. The molecule has 112 valence electrons. The molecule has 0 saturated carbocycles. The second kappa shape index (κ2) is 5.90. The van der Waals surface area contributed by atoms with Crippen LogP contribution in [0.4, 0.5) is 0 Å². The Kier molecular flexibility index (Phi) is 4.38. The minimum atomic E-state index is -1.01. The first-order valence-electron chi connectivity index (χ1n) is 7.38. The molecule has 0 aliphatic rings. The average Bonchev–Trinajstić information content (AvgIpc) is 2.41. The third kappa shape index (κ3) is 3.45. The van der Waals surface area contributed by atoms with E-state index < -0.39 is 5.60 Å². The van der Waals surface area contributed by atoms with Gasteiger partial charge >= 0.3 is 0 Å². The van der Waals surface area contributed by atoms with E-state index in [-0.39, 0.29) is 6.10 Å². The zero-order valence-electron chi connectivity index (χ0n) is 13.5. The highest BCUT2D eigenvalue weighted by Gasteiger charge is 2.25. The van der Waals surface area contributed by atoms with Crippen LogP contribution in [-0.2, 0) is 5.60 Å². The summed E-state index contributed by atoms with van der Waals surface area (Å²) in [5, 5.41) is 10.9. The molecule has 2 aromatic carbocycles. The van der Waals surface area contributed by atoms with Crippen molar-refractivity contribution in [2.45, 2.75) is 46.3 Å². The van der Waals surface area contributed by atoms with Gasteiger partial charge in [0.05, 0.1) is 6.10 Å². The summed E-state index contributed by atoms with van der Waals surface area (Å²) in [6.07, 6.45) is 0.149. The summed E-state index contributed by atoms with van der Waals surface area (Å²) < 4.78 is 5.64. The van der Waals surface area contributed by atoms with E-state index in [1.165, 1.54) is 11.1 Å². The lowest BCUT2D eigenvalue weighted by Crippen LogP contribution is -2.23. The van der Waals surface area contributed by atoms with Gasteiger partial charge in [-0.05, 0) is 69.0 Å². The molecular formula is C19H24O2. The first-order chi connectivity index (χ1) is 9.80. The maximum atomic E-state index is 10.9. The summed E-state index contributed by atoms with van der Waals surface area (Å²) in [6.45, 7) is 9.97. The van der Waals surface area contributed by atoms with Crippen molar-refractivity contribution < 1.29 is 9.84 Å². The molecule has 1 N–H and O–H groups in total. The van der Waals surface area contributed by atoms with Crippen molar-refractivity contribution in [1.82, 2.24) is 0 Å². The molecule has 2 rings (SSSR count). The molecule has 0 saturated heterocycles. The molecule has 0 bridgehead atoms. The van der Waals surface area contributed by atoms with Crippen molar-refractivity contribution in [2.24, 2.45) is 0 Å². The van der Waals surface area contributed by atoms with Crippen LogP contribution in [0, 0.1) is 13.8 Å². The molecular weight excluding hydrogens is 260 g/mol. The fraction of sp³-hybridized carbons (Fsp3) is 0.368. The Labute approximate surface area is 127 Å². The van der Waals surface area contributed by atoms with E-state index in [1.54, 1.807) is 0 Å². The van der Waals surface area contributed by atoms with Crippen molar-refractivity contribution >= 4 is 0 Å². The van der Waals surface area contributed by atoms with Gasteiger partial charge in [-0.3, -0.25) is 0 Å². The van der Waals surface area contributed by atoms with Crippen molar-refractivity contribution in [3.63, 3.8) is 0 Å². The number of aliphatic hydroxyl groups is 1. The molecule has 2 nitrogen and oxygen atoms in total. The highest BCUT2D eigenvalue weighted by molar-refractivity contribution is 5.41. The van der Waals surface area contributed by atoms with E-state index in [1.807, 2.05) is 57.2 Å². The van der Waals surface area contributed by atoms with Gasteiger partial charge in [-0.2, -0.15) is 0 Å². The van der Waals surface area contributed by atoms with Crippen LogP contribution in [0.2, 0.25) is 0 Å². The second-order valence-electron chi connectivity index (χ2n) is 6.06. The molecule has 0 aliphatic carbocycles. The summed E-state index contributed by atoms with van der Waals surface area (Å²) >= 11 is 0. The number of rotatable bonds is 4. The normalized spacial score (nSPS) is 14.0. The van der Waals surface area contributed by atoms with E-state index in [0.29, 0.717) is 0 Å². The zero-order chi connectivity index (χ0) is 15.6. The molecule has 21 heavy (non-hydrogen) atoms. The zero-order valence-corrected chi connectivity index (χ0v) is 13.5. The summed E-state index contributed by atoms with van der Waals surface area (Å²) in [7, 11) is 0. The van der Waals surface area contributed by atoms with Crippen LogP contribution in [0.3, 0.4) is 0 Å². The highest BCUT2D eigenvalue weighted by atomic mass is 16.5. The van der Waals surface area contributed by atoms with Crippen molar-refractivity contribution in [3.05, 3.63) is 64.7 Å². The molecule has 2 aromatic rings. The first-order valence-corrected chi connectivity index (χ1v) is 7.38. The number of benzene rings is 2. The van der Waals surface area contributed by atoms with E-state index in [4.69, 9.17) is 4.74 Å². The molecule has 0 radical (unpaired) electrons. The molecule has 0 amide bonds. The fourth-order valence-electron chi connectivity index (χ4n) is 2.34. The number of ether oxygens (including phenoxy) is 1.